The summed E-state index contributed by atoms with van der Waals surface area (Å²) in [6.07, 6.45) is 3.81. The Morgan fingerprint density at radius 1 is 1.50 bits per heavy atom. The van der Waals surface area contributed by atoms with Crippen molar-refractivity contribution < 1.29 is 10.0 Å². The topological polar surface area (TPSA) is 75.4 Å². The molecule has 2 atom stereocenters. The van der Waals surface area contributed by atoms with E-state index in [4.69, 9.17) is 0 Å². The van der Waals surface area contributed by atoms with Gasteiger partial charge in [-0.2, -0.15) is 0 Å². The summed E-state index contributed by atoms with van der Waals surface area (Å²) < 4.78 is 0. The quantitative estimate of drug-likeness (QED) is 0.566. The molecule has 0 bridgehead atoms. The zero-order valence-corrected chi connectivity index (χ0v) is 11.8. The van der Waals surface area contributed by atoms with Crippen LogP contribution in [0.2, 0.25) is 0 Å². The first kappa shape index (κ1) is 14.9. The van der Waals surface area contributed by atoms with Crippen LogP contribution in [0.15, 0.2) is 24.3 Å². The van der Waals surface area contributed by atoms with Gasteiger partial charge in [0.2, 0.25) is 0 Å². The molecule has 2 rings (SSSR count). The maximum atomic E-state index is 10.8. The first-order valence-electron chi connectivity index (χ1n) is 7.27. The van der Waals surface area contributed by atoms with Crippen LogP contribution in [-0.2, 0) is 0 Å². The van der Waals surface area contributed by atoms with Crippen molar-refractivity contribution in [3.05, 3.63) is 39.9 Å². The van der Waals surface area contributed by atoms with Gasteiger partial charge in [-0.1, -0.05) is 25.5 Å². The van der Waals surface area contributed by atoms with Gasteiger partial charge in [0.05, 0.1) is 11.0 Å². The Bertz CT molecular complexity index is 460. The van der Waals surface area contributed by atoms with Crippen LogP contribution >= 0.6 is 0 Å². The maximum absolute atomic E-state index is 10.8. The molecule has 5 nitrogen and oxygen atoms in total. The Morgan fingerprint density at radius 3 is 2.85 bits per heavy atom. The number of nitro groups is 1. The highest BCUT2D eigenvalue weighted by Gasteiger charge is 2.29. The van der Waals surface area contributed by atoms with Gasteiger partial charge in [-0.15, -0.1) is 0 Å². The first-order valence-corrected chi connectivity index (χ1v) is 7.27. The van der Waals surface area contributed by atoms with Crippen molar-refractivity contribution in [1.29, 1.82) is 0 Å². The largest absolute Gasteiger partial charge is 0.392 e. The smallest absolute Gasteiger partial charge is 0.269 e. The van der Waals surface area contributed by atoms with E-state index in [2.05, 4.69) is 12.2 Å². The number of nitrogens with zero attached hydrogens (tertiary/aromatic N) is 1. The minimum Gasteiger partial charge on any atom is -0.392 e. The molecule has 0 aromatic heterocycles. The minimum absolute atomic E-state index is 0.0632. The zero-order valence-electron chi connectivity index (χ0n) is 11.8. The van der Waals surface area contributed by atoms with Crippen LogP contribution in [0.5, 0.6) is 0 Å². The van der Waals surface area contributed by atoms with E-state index < -0.39 is 0 Å². The molecule has 0 saturated heterocycles. The summed E-state index contributed by atoms with van der Waals surface area (Å²) in [6.45, 7) is 2.64. The maximum Gasteiger partial charge on any atom is 0.269 e. The lowest BCUT2D eigenvalue weighted by molar-refractivity contribution is -0.384. The average Bonchev–Trinajstić information content (AvgIpc) is 3.27. The summed E-state index contributed by atoms with van der Waals surface area (Å²) in [5.74, 6) is 0.440. The number of aliphatic hydroxyl groups excluding tert-OH is 1. The van der Waals surface area contributed by atoms with Gasteiger partial charge in [-0.3, -0.25) is 10.1 Å². The van der Waals surface area contributed by atoms with E-state index >= 15 is 0 Å². The lowest BCUT2D eigenvalue weighted by atomic mass is 10.0. The van der Waals surface area contributed by atoms with Crippen LogP contribution in [0.25, 0.3) is 0 Å². The lowest BCUT2D eigenvalue weighted by Crippen LogP contribution is -2.31. The Morgan fingerprint density at radius 2 is 2.25 bits per heavy atom. The molecule has 1 aliphatic rings. The van der Waals surface area contributed by atoms with E-state index in [0.717, 1.165) is 31.2 Å². The van der Waals surface area contributed by atoms with Gasteiger partial charge in [0.25, 0.3) is 5.69 Å². The number of nitrogens with one attached hydrogen (secondary N) is 1. The summed E-state index contributed by atoms with van der Waals surface area (Å²) in [7, 11) is 0. The normalized spacial score (nSPS) is 17.7. The van der Waals surface area contributed by atoms with Crippen molar-refractivity contribution in [2.24, 2.45) is 5.92 Å². The van der Waals surface area contributed by atoms with Gasteiger partial charge >= 0.3 is 0 Å². The van der Waals surface area contributed by atoms with Crippen LogP contribution in [0.1, 0.15) is 44.2 Å². The number of nitro benzene ring substituents is 1. The number of rotatable bonds is 8. The van der Waals surface area contributed by atoms with Crippen molar-refractivity contribution in [3.8, 4) is 0 Å². The second kappa shape index (κ2) is 6.81. The first-order chi connectivity index (χ1) is 9.61. The van der Waals surface area contributed by atoms with E-state index in [-0.39, 0.29) is 22.8 Å². The molecule has 2 N–H and O–H groups in total. The van der Waals surface area contributed by atoms with E-state index in [0.29, 0.717) is 12.5 Å². The third-order valence-electron chi connectivity index (χ3n) is 3.80. The number of non-ortho nitro benzene ring substituents is 1. The van der Waals surface area contributed by atoms with Crippen molar-refractivity contribution in [3.63, 3.8) is 0 Å². The fraction of sp³-hybridized carbons (Fsp3) is 0.600. The SMILES string of the molecule is CCCC(NCC(O)C1CC1)c1cccc([N+](=O)[O-])c1. The van der Waals surface area contributed by atoms with E-state index in [1.807, 2.05) is 6.07 Å². The molecule has 0 heterocycles. The Kier molecular flexibility index (Phi) is 5.09. The molecule has 20 heavy (non-hydrogen) atoms. The lowest BCUT2D eigenvalue weighted by Gasteiger charge is -2.20. The van der Waals surface area contributed by atoms with Gasteiger partial charge in [-0.05, 0) is 30.7 Å². The van der Waals surface area contributed by atoms with E-state index in [9.17, 15) is 15.2 Å². The highest BCUT2D eigenvalue weighted by molar-refractivity contribution is 5.35. The minimum atomic E-state index is -0.369. The predicted molar refractivity (Wildman–Crippen MR) is 77.5 cm³/mol. The Hall–Kier alpha value is -1.46. The second-order valence-electron chi connectivity index (χ2n) is 5.51. The number of hydrogen-bond acceptors (Lipinski definition) is 4. The molecular weight excluding hydrogens is 256 g/mol. The van der Waals surface area contributed by atoms with E-state index in [1.165, 1.54) is 6.07 Å². The second-order valence-corrected chi connectivity index (χ2v) is 5.51. The molecular formula is C15H22N2O3. The summed E-state index contributed by atoms with van der Waals surface area (Å²) in [5.41, 5.74) is 1.04. The van der Waals surface area contributed by atoms with Gasteiger partial charge in [0, 0.05) is 24.7 Å². The van der Waals surface area contributed by atoms with Gasteiger partial charge in [0.15, 0.2) is 0 Å². The third kappa shape index (κ3) is 4.02. The highest BCUT2D eigenvalue weighted by atomic mass is 16.6. The van der Waals surface area contributed by atoms with Crippen LogP contribution in [-0.4, -0.2) is 22.7 Å². The molecule has 0 aliphatic heterocycles. The highest BCUT2D eigenvalue weighted by Crippen LogP contribution is 2.32. The molecule has 1 aromatic carbocycles. The molecule has 1 fully saturated rings. The third-order valence-corrected chi connectivity index (χ3v) is 3.80. The number of benzene rings is 1. The van der Waals surface area contributed by atoms with Crippen molar-refractivity contribution >= 4 is 5.69 Å². The molecule has 0 radical (unpaired) electrons. The Labute approximate surface area is 119 Å². The van der Waals surface area contributed by atoms with Crippen LogP contribution < -0.4 is 5.32 Å². The standard InChI is InChI=1S/C15H22N2O3/c1-2-4-14(16-10-15(18)11-7-8-11)12-5-3-6-13(9-12)17(19)20/h3,5-6,9,11,14-16,18H,2,4,7-8,10H2,1H3. The summed E-state index contributed by atoms with van der Waals surface area (Å²) >= 11 is 0. The van der Waals surface area contributed by atoms with Crippen LogP contribution in [0.4, 0.5) is 5.69 Å². The van der Waals surface area contributed by atoms with Crippen molar-refractivity contribution in [2.75, 3.05) is 6.54 Å². The molecule has 0 spiro atoms. The van der Waals surface area contributed by atoms with Crippen LogP contribution in [0.3, 0.4) is 0 Å². The average molecular weight is 278 g/mol. The fourth-order valence-corrected chi connectivity index (χ4v) is 2.44. The molecule has 0 amide bonds. The summed E-state index contributed by atoms with van der Waals surface area (Å²) in [5, 5.41) is 24.1. The van der Waals surface area contributed by atoms with Gasteiger partial charge in [-0.25, -0.2) is 0 Å². The molecule has 1 saturated carbocycles. The molecule has 1 aromatic rings. The predicted octanol–water partition coefficient (Wildman–Crippen LogP) is 2.80. The Balaban J connectivity index is 2.02. The summed E-state index contributed by atoms with van der Waals surface area (Å²) in [6, 6.07) is 6.81. The molecule has 2 unspecified atom stereocenters. The van der Waals surface area contributed by atoms with E-state index in [1.54, 1.807) is 12.1 Å². The van der Waals surface area contributed by atoms with Gasteiger partial charge in [0.1, 0.15) is 0 Å². The molecule has 1 aliphatic carbocycles. The zero-order chi connectivity index (χ0) is 14.5. The van der Waals surface area contributed by atoms with Crippen LogP contribution in [0, 0.1) is 16.0 Å². The monoisotopic (exact) mass is 278 g/mol. The number of aliphatic hydroxyl groups is 1. The molecule has 5 heteroatoms. The van der Waals surface area contributed by atoms with Crippen molar-refractivity contribution in [1.82, 2.24) is 5.32 Å². The van der Waals surface area contributed by atoms with Crippen molar-refractivity contribution in [2.45, 2.75) is 44.8 Å². The molecule has 110 valence electrons. The summed E-state index contributed by atoms with van der Waals surface area (Å²) in [4.78, 5) is 10.5. The van der Waals surface area contributed by atoms with Gasteiger partial charge < -0.3 is 10.4 Å². The number of hydrogen-bond donors (Lipinski definition) is 2. The fourth-order valence-electron chi connectivity index (χ4n) is 2.44.